The van der Waals surface area contributed by atoms with Crippen LogP contribution in [0.15, 0.2) is 60.7 Å². The van der Waals surface area contributed by atoms with Gasteiger partial charge in [0, 0.05) is 13.1 Å². The molecule has 2 aliphatic heterocycles. The highest BCUT2D eigenvalue weighted by atomic mass is 16.5. The summed E-state index contributed by atoms with van der Waals surface area (Å²) in [5.74, 6) is 0.940. The van der Waals surface area contributed by atoms with Crippen molar-refractivity contribution in [1.29, 1.82) is 0 Å². The molecule has 8 heteroatoms. The van der Waals surface area contributed by atoms with Crippen LogP contribution >= 0.6 is 0 Å². The van der Waals surface area contributed by atoms with Crippen LogP contribution in [-0.4, -0.2) is 65.5 Å². The van der Waals surface area contributed by atoms with Crippen molar-refractivity contribution in [3.05, 3.63) is 60.7 Å². The van der Waals surface area contributed by atoms with Crippen LogP contribution in [0.1, 0.15) is 19.8 Å². The molecule has 0 bridgehead atoms. The van der Waals surface area contributed by atoms with E-state index < -0.39 is 17.7 Å². The minimum atomic E-state index is -0.954. The first-order valence-corrected chi connectivity index (χ1v) is 10.8. The van der Waals surface area contributed by atoms with Gasteiger partial charge < -0.3 is 19.7 Å². The highest BCUT2D eigenvalue weighted by molar-refractivity contribution is 6.07. The Hall–Kier alpha value is -3.55. The Kier molecular flexibility index (Phi) is 6.30. The number of carbonyl (C=O) groups is 3. The van der Waals surface area contributed by atoms with E-state index in [-0.39, 0.29) is 25.0 Å². The average Bonchev–Trinajstić information content (AvgIpc) is 3.04. The molecule has 0 saturated carbocycles. The minimum absolute atomic E-state index is 0.131. The summed E-state index contributed by atoms with van der Waals surface area (Å²) in [5, 5.41) is 2.86. The van der Waals surface area contributed by atoms with E-state index in [1.54, 1.807) is 24.0 Å². The van der Waals surface area contributed by atoms with Crippen molar-refractivity contribution in [3.63, 3.8) is 0 Å². The molecule has 2 aromatic rings. The lowest BCUT2D eigenvalue weighted by Crippen LogP contribution is -2.57. The summed E-state index contributed by atoms with van der Waals surface area (Å²) in [6.45, 7) is 2.87. The number of amides is 4. The minimum Gasteiger partial charge on any atom is -0.492 e. The molecule has 2 aromatic carbocycles. The first kappa shape index (κ1) is 21.7. The third-order valence-electron chi connectivity index (χ3n) is 5.91. The Morgan fingerprint density at radius 1 is 1.00 bits per heavy atom. The van der Waals surface area contributed by atoms with E-state index in [1.807, 2.05) is 48.5 Å². The Morgan fingerprint density at radius 3 is 2.22 bits per heavy atom. The molecule has 0 radical (unpaired) electrons. The maximum Gasteiger partial charge on any atom is 0.325 e. The molecule has 1 atom stereocenters. The molecule has 0 aliphatic carbocycles. The maximum absolute atomic E-state index is 13.0. The Labute approximate surface area is 187 Å². The smallest absolute Gasteiger partial charge is 0.325 e. The van der Waals surface area contributed by atoms with E-state index in [0.717, 1.165) is 0 Å². The van der Waals surface area contributed by atoms with Gasteiger partial charge in [0.25, 0.3) is 11.8 Å². The predicted octanol–water partition coefficient (Wildman–Crippen LogP) is 2.45. The molecular formula is C24H27N3O5. The molecule has 1 N–H and O–H groups in total. The van der Waals surface area contributed by atoms with Crippen LogP contribution in [-0.2, 0) is 9.59 Å². The van der Waals surface area contributed by atoms with Crippen molar-refractivity contribution in [2.45, 2.75) is 31.4 Å². The van der Waals surface area contributed by atoms with Crippen molar-refractivity contribution >= 4 is 17.8 Å². The summed E-state index contributed by atoms with van der Waals surface area (Å²) in [7, 11) is 0. The van der Waals surface area contributed by atoms with Gasteiger partial charge in [-0.3, -0.25) is 14.5 Å². The van der Waals surface area contributed by atoms with E-state index in [1.165, 1.54) is 4.90 Å². The van der Waals surface area contributed by atoms with Crippen LogP contribution in [0.4, 0.5) is 4.79 Å². The fourth-order valence-corrected chi connectivity index (χ4v) is 4.11. The number of imide groups is 1. The summed E-state index contributed by atoms with van der Waals surface area (Å²) in [5.41, 5.74) is -0.954. The second kappa shape index (κ2) is 9.30. The molecule has 4 amide bonds. The van der Waals surface area contributed by atoms with Crippen LogP contribution in [0.2, 0.25) is 0 Å². The summed E-state index contributed by atoms with van der Waals surface area (Å²) in [4.78, 5) is 41.2. The van der Waals surface area contributed by atoms with Gasteiger partial charge in [-0.1, -0.05) is 36.4 Å². The van der Waals surface area contributed by atoms with E-state index in [9.17, 15) is 14.4 Å². The Bertz CT molecular complexity index is 958. The molecular weight excluding hydrogens is 410 g/mol. The zero-order valence-electron chi connectivity index (χ0n) is 18.0. The number of carbonyl (C=O) groups excluding carboxylic acids is 3. The fourth-order valence-electron chi connectivity index (χ4n) is 4.11. The van der Waals surface area contributed by atoms with Crippen molar-refractivity contribution in [2.75, 3.05) is 26.2 Å². The predicted molar refractivity (Wildman–Crippen MR) is 117 cm³/mol. The van der Waals surface area contributed by atoms with Crippen molar-refractivity contribution in [3.8, 4) is 11.5 Å². The van der Waals surface area contributed by atoms with Gasteiger partial charge in [0.05, 0.1) is 6.54 Å². The maximum atomic E-state index is 13.0. The second-order valence-electron chi connectivity index (χ2n) is 8.03. The normalized spacial score (nSPS) is 18.4. The van der Waals surface area contributed by atoms with Crippen LogP contribution in [0.3, 0.4) is 0 Å². The van der Waals surface area contributed by atoms with Gasteiger partial charge in [-0.2, -0.15) is 0 Å². The first-order chi connectivity index (χ1) is 15.5. The number of ether oxygens (including phenoxy) is 2. The van der Waals surface area contributed by atoms with E-state index in [4.69, 9.17) is 9.47 Å². The second-order valence-corrected chi connectivity index (χ2v) is 8.03. The molecule has 4 rings (SSSR count). The third-order valence-corrected chi connectivity index (χ3v) is 5.91. The monoisotopic (exact) mass is 437 g/mol. The van der Waals surface area contributed by atoms with Gasteiger partial charge in [0.1, 0.15) is 23.6 Å². The van der Waals surface area contributed by atoms with Gasteiger partial charge >= 0.3 is 6.03 Å². The molecule has 168 valence electrons. The van der Waals surface area contributed by atoms with Gasteiger partial charge in [0.15, 0.2) is 6.10 Å². The molecule has 2 aliphatic rings. The summed E-state index contributed by atoms with van der Waals surface area (Å²) in [6.07, 6.45) is 0.112. The number of benzene rings is 2. The van der Waals surface area contributed by atoms with Gasteiger partial charge in [-0.05, 0) is 44.0 Å². The van der Waals surface area contributed by atoms with Crippen LogP contribution in [0.25, 0.3) is 0 Å². The summed E-state index contributed by atoms with van der Waals surface area (Å²) < 4.78 is 11.4. The molecule has 8 nitrogen and oxygen atoms in total. The number of rotatable bonds is 7. The van der Waals surface area contributed by atoms with Crippen LogP contribution in [0, 0.1) is 0 Å². The summed E-state index contributed by atoms with van der Waals surface area (Å²) >= 11 is 0. The molecule has 0 unspecified atom stereocenters. The largest absolute Gasteiger partial charge is 0.492 e. The average molecular weight is 437 g/mol. The third kappa shape index (κ3) is 4.54. The molecule has 2 heterocycles. The number of nitrogens with zero attached hydrogens (tertiary/aromatic N) is 2. The lowest BCUT2D eigenvalue weighted by molar-refractivity contribution is -0.142. The Balaban J connectivity index is 1.29. The standard InChI is InChI=1S/C24H27N3O5/c1-18(32-20-10-6-3-7-11-20)21(28)26-14-12-24(13-15-26)22(29)27(23(30)25-24)16-17-31-19-8-4-2-5-9-19/h2-11,18H,12-17H2,1H3,(H,25,30)/t18-/m1/s1. The van der Waals surface area contributed by atoms with Crippen molar-refractivity contribution in [2.24, 2.45) is 0 Å². The van der Waals surface area contributed by atoms with Gasteiger partial charge in [-0.25, -0.2) is 4.79 Å². The number of para-hydroxylation sites is 2. The summed E-state index contributed by atoms with van der Waals surface area (Å²) in [6, 6.07) is 18.0. The molecule has 2 saturated heterocycles. The van der Waals surface area contributed by atoms with Crippen LogP contribution in [0.5, 0.6) is 11.5 Å². The Morgan fingerprint density at radius 2 is 1.59 bits per heavy atom. The fraction of sp³-hybridized carbons (Fsp3) is 0.375. The number of hydrogen-bond acceptors (Lipinski definition) is 5. The van der Waals surface area contributed by atoms with E-state index in [2.05, 4.69) is 5.32 Å². The lowest BCUT2D eigenvalue weighted by atomic mass is 9.87. The van der Waals surface area contributed by atoms with Crippen molar-refractivity contribution in [1.82, 2.24) is 15.1 Å². The number of hydrogen-bond donors (Lipinski definition) is 1. The quantitative estimate of drug-likeness (QED) is 0.673. The number of piperidine rings is 1. The highest BCUT2D eigenvalue weighted by Crippen LogP contribution is 2.30. The molecule has 32 heavy (non-hydrogen) atoms. The highest BCUT2D eigenvalue weighted by Gasteiger charge is 2.52. The van der Waals surface area contributed by atoms with Gasteiger partial charge in [0.2, 0.25) is 0 Å². The molecule has 1 spiro atoms. The topological polar surface area (TPSA) is 88.2 Å². The molecule has 0 aromatic heterocycles. The van der Waals surface area contributed by atoms with E-state index >= 15 is 0 Å². The number of nitrogens with one attached hydrogen (secondary N) is 1. The zero-order valence-corrected chi connectivity index (χ0v) is 18.0. The SMILES string of the molecule is C[C@@H](Oc1ccccc1)C(=O)N1CCC2(CC1)NC(=O)N(CCOc1ccccc1)C2=O. The van der Waals surface area contributed by atoms with E-state index in [0.29, 0.717) is 37.4 Å². The molecule has 2 fully saturated rings. The number of urea groups is 1. The lowest BCUT2D eigenvalue weighted by Gasteiger charge is -2.38. The first-order valence-electron chi connectivity index (χ1n) is 10.8. The van der Waals surface area contributed by atoms with Crippen molar-refractivity contribution < 1.29 is 23.9 Å². The van der Waals surface area contributed by atoms with Crippen LogP contribution < -0.4 is 14.8 Å². The number of likely N-dealkylation sites (tertiary alicyclic amines) is 1. The van der Waals surface area contributed by atoms with Gasteiger partial charge in [-0.15, -0.1) is 0 Å². The zero-order chi connectivity index (χ0) is 22.6.